The highest BCUT2D eigenvalue weighted by Crippen LogP contribution is 2.40. The van der Waals surface area contributed by atoms with E-state index < -0.39 is 0 Å². The van der Waals surface area contributed by atoms with E-state index in [2.05, 4.69) is 23.5 Å². The van der Waals surface area contributed by atoms with E-state index in [1.165, 1.54) is 19.3 Å². The summed E-state index contributed by atoms with van der Waals surface area (Å²) in [5.74, 6) is 2.86. The fourth-order valence-corrected chi connectivity index (χ4v) is 3.89. The molecular formula is C15H23ClN4. The van der Waals surface area contributed by atoms with Crippen LogP contribution in [0, 0.1) is 18.8 Å². The zero-order valence-corrected chi connectivity index (χ0v) is 13.5. The summed E-state index contributed by atoms with van der Waals surface area (Å²) in [5, 5.41) is 4.52. The Balaban J connectivity index is 2.18. The van der Waals surface area contributed by atoms with E-state index in [9.17, 15) is 0 Å². The number of aryl methyl sites for hydroxylation is 2. The van der Waals surface area contributed by atoms with Crippen molar-refractivity contribution in [1.29, 1.82) is 0 Å². The third-order valence-corrected chi connectivity index (χ3v) is 5.26. The number of rotatable bonds is 2. The van der Waals surface area contributed by atoms with Gasteiger partial charge in [0.05, 0.1) is 11.6 Å². The SMILES string of the molecule is Cc1nn(C)c2c1nc(CCl)n2C1CCCC(C)C1C. The molecular weight excluding hydrogens is 272 g/mol. The number of aromatic nitrogens is 4. The Bertz CT molecular complexity index is 627. The molecule has 0 amide bonds. The van der Waals surface area contributed by atoms with Crippen LogP contribution in [0.15, 0.2) is 0 Å². The Morgan fingerprint density at radius 2 is 2.05 bits per heavy atom. The molecule has 20 heavy (non-hydrogen) atoms. The lowest BCUT2D eigenvalue weighted by molar-refractivity contribution is 0.186. The Morgan fingerprint density at radius 3 is 2.75 bits per heavy atom. The molecule has 2 aromatic heterocycles. The average molecular weight is 295 g/mol. The maximum Gasteiger partial charge on any atom is 0.158 e. The number of hydrogen-bond donors (Lipinski definition) is 0. The molecule has 0 saturated heterocycles. The number of nitrogens with zero attached hydrogens (tertiary/aromatic N) is 4. The third-order valence-electron chi connectivity index (χ3n) is 5.02. The van der Waals surface area contributed by atoms with Gasteiger partial charge in [-0.1, -0.05) is 26.7 Å². The molecule has 1 aliphatic rings. The lowest BCUT2D eigenvalue weighted by Crippen LogP contribution is -2.28. The Labute approximate surface area is 125 Å². The molecule has 0 spiro atoms. The minimum absolute atomic E-state index is 0.464. The Kier molecular flexibility index (Phi) is 3.53. The van der Waals surface area contributed by atoms with E-state index in [0.29, 0.717) is 17.8 Å². The molecule has 1 aliphatic carbocycles. The number of fused-ring (bicyclic) bond motifs is 1. The van der Waals surface area contributed by atoms with Crippen molar-refractivity contribution < 1.29 is 0 Å². The van der Waals surface area contributed by atoms with E-state index >= 15 is 0 Å². The number of halogens is 1. The summed E-state index contributed by atoms with van der Waals surface area (Å²) >= 11 is 6.16. The second-order valence-corrected chi connectivity index (χ2v) is 6.51. The molecule has 1 fully saturated rings. The van der Waals surface area contributed by atoms with Crippen molar-refractivity contribution in [3.05, 3.63) is 11.5 Å². The molecule has 0 bridgehead atoms. The Morgan fingerprint density at radius 1 is 1.30 bits per heavy atom. The summed E-state index contributed by atoms with van der Waals surface area (Å²) in [7, 11) is 2.00. The molecule has 0 aromatic carbocycles. The van der Waals surface area contributed by atoms with Crippen LogP contribution in [0.5, 0.6) is 0 Å². The number of imidazole rings is 1. The lowest BCUT2D eigenvalue weighted by atomic mass is 9.78. The third kappa shape index (κ3) is 1.96. The largest absolute Gasteiger partial charge is 0.308 e. The minimum atomic E-state index is 0.464. The van der Waals surface area contributed by atoms with Crippen molar-refractivity contribution in [2.45, 2.75) is 52.0 Å². The quantitative estimate of drug-likeness (QED) is 0.790. The van der Waals surface area contributed by atoms with Gasteiger partial charge in [0.2, 0.25) is 0 Å². The first-order chi connectivity index (χ1) is 9.54. The van der Waals surface area contributed by atoms with E-state index in [4.69, 9.17) is 16.6 Å². The van der Waals surface area contributed by atoms with Crippen molar-refractivity contribution in [3.63, 3.8) is 0 Å². The molecule has 2 heterocycles. The molecule has 1 saturated carbocycles. The van der Waals surface area contributed by atoms with Crippen molar-refractivity contribution in [2.75, 3.05) is 0 Å². The fraction of sp³-hybridized carbons (Fsp3) is 0.733. The van der Waals surface area contributed by atoms with Crippen molar-refractivity contribution in [3.8, 4) is 0 Å². The van der Waals surface area contributed by atoms with Gasteiger partial charge in [0.25, 0.3) is 0 Å². The van der Waals surface area contributed by atoms with Gasteiger partial charge in [0.1, 0.15) is 11.3 Å². The van der Waals surface area contributed by atoms with Crippen LogP contribution in [-0.4, -0.2) is 19.3 Å². The topological polar surface area (TPSA) is 35.6 Å². The van der Waals surface area contributed by atoms with Gasteiger partial charge in [-0.3, -0.25) is 4.68 Å². The number of hydrogen-bond acceptors (Lipinski definition) is 2. The summed E-state index contributed by atoms with van der Waals surface area (Å²) in [4.78, 5) is 4.73. The van der Waals surface area contributed by atoms with Gasteiger partial charge in [0, 0.05) is 13.1 Å². The second kappa shape index (κ2) is 5.06. The molecule has 2 aromatic rings. The van der Waals surface area contributed by atoms with Crippen LogP contribution in [0.25, 0.3) is 11.2 Å². The first kappa shape index (κ1) is 13.9. The van der Waals surface area contributed by atoms with E-state index in [0.717, 1.165) is 28.6 Å². The molecule has 4 nitrogen and oxygen atoms in total. The van der Waals surface area contributed by atoms with Crippen LogP contribution in [-0.2, 0) is 12.9 Å². The number of alkyl halides is 1. The van der Waals surface area contributed by atoms with Gasteiger partial charge in [-0.25, -0.2) is 4.98 Å². The van der Waals surface area contributed by atoms with E-state index in [1.807, 2.05) is 18.7 Å². The average Bonchev–Trinajstić information content (AvgIpc) is 2.92. The first-order valence-corrected chi connectivity index (χ1v) is 8.04. The Hall–Kier alpha value is -1.03. The zero-order chi connectivity index (χ0) is 14.4. The van der Waals surface area contributed by atoms with E-state index in [-0.39, 0.29) is 0 Å². The molecule has 3 atom stereocenters. The summed E-state index contributed by atoms with van der Waals surface area (Å²) in [6.07, 6.45) is 3.83. The fourth-order valence-electron chi connectivity index (χ4n) is 3.70. The monoisotopic (exact) mass is 294 g/mol. The predicted molar refractivity (Wildman–Crippen MR) is 82.0 cm³/mol. The summed E-state index contributed by atoms with van der Waals surface area (Å²) in [5.41, 5.74) is 3.13. The molecule has 0 N–H and O–H groups in total. The van der Waals surface area contributed by atoms with Gasteiger partial charge in [-0.15, -0.1) is 11.6 Å². The van der Waals surface area contributed by atoms with Crippen molar-refractivity contribution >= 4 is 22.8 Å². The molecule has 5 heteroatoms. The van der Waals surface area contributed by atoms with Crippen LogP contribution in [0.4, 0.5) is 0 Å². The van der Waals surface area contributed by atoms with Crippen molar-refractivity contribution in [2.24, 2.45) is 18.9 Å². The van der Waals surface area contributed by atoms with Gasteiger partial charge in [-0.2, -0.15) is 5.10 Å². The standard InChI is InChI=1S/C15H23ClN4/c1-9-6-5-7-12(10(9)2)20-13(8-16)17-14-11(3)18-19(4)15(14)20/h9-10,12H,5-8H2,1-4H3. The van der Waals surface area contributed by atoms with E-state index in [1.54, 1.807) is 0 Å². The molecule has 0 aliphatic heterocycles. The minimum Gasteiger partial charge on any atom is -0.308 e. The molecule has 110 valence electrons. The van der Waals surface area contributed by atoms with Crippen molar-refractivity contribution in [1.82, 2.24) is 19.3 Å². The maximum atomic E-state index is 6.16. The summed E-state index contributed by atoms with van der Waals surface area (Å²) in [6.45, 7) is 6.74. The predicted octanol–water partition coefficient (Wildman–Crippen LogP) is 3.81. The maximum absolute atomic E-state index is 6.16. The van der Waals surface area contributed by atoms with Gasteiger partial charge < -0.3 is 4.57 Å². The molecule has 0 radical (unpaired) electrons. The van der Waals surface area contributed by atoms with Gasteiger partial charge in [-0.05, 0) is 25.2 Å². The van der Waals surface area contributed by atoms with Crippen LogP contribution in [0.3, 0.4) is 0 Å². The first-order valence-electron chi connectivity index (χ1n) is 7.51. The highest BCUT2D eigenvalue weighted by Gasteiger charge is 2.32. The van der Waals surface area contributed by atoms with Crippen LogP contribution < -0.4 is 0 Å². The van der Waals surface area contributed by atoms with Crippen LogP contribution in [0.1, 0.15) is 50.7 Å². The normalized spacial score (nSPS) is 27.4. The van der Waals surface area contributed by atoms with Crippen LogP contribution in [0.2, 0.25) is 0 Å². The zero-order valence-electron chi connectivity index (χ0n) is 12.7. The summed E-state index contributed by atoms with van der Waals surface area (Å²) < 4.78 is 4.32. The molecule has 3 rings (SSSR count). The smallest absolute Gasteiger partial charge is 0.158 e. The highest BCUT2D eigenvalue weighted by atomic mass is 35.5. The molecule has 3 unspecified atom stereocenters. The summed E-state index contributed by atoms with van der Waals surface area (Å²) in [6, 6.07) is 0.493. The lowest BCUT2D eigenvalue weighted by Gasteiger charge is -2.36. The van der Waals surface area contributed by atoms with Gasteiger partial charge in [0.15, 0.2) is 5.65 Å². The van der Waals surface area contributed by atoms with Gasteiger partial charge >= 0.3 is 0 Å². The highest BCUT2D eigenvalue weighted by molar-refractivity contribution is 6.16. The second-order valence-electron chi connectivity index (χ2n) is 6.25. The van der Waals surface area contributed by atoms with Crippen LogP contribution >= 0.6 is 11.6 Å².